The molecule has 1 aromatic heterocycles. The smallest absolute Gasteiger partial charge is 0.244 e. The topological polar surface area (TPSA) is 68.3 Å². The maximum atomic E-state index is 12.6. The van der Waals surface area contributed by atoms with E-state index < -0.39 is 10.0 Å². The van der Waals surface area contributed by atoms with E-state index >= 15 is 0 Å². The first kappa shape index (κ1) is 13.1. The lowest BCUT2D eigenvalue weighted by atomic mass is 9.78. The Kier molecular flexibility index (Phi) is 3.19. The van der Waals surface area contributed by atoms with Crippen LogP contribution >= 0.6 is 0 Å². The van der Waals surface area contributed by atoms with Crippen LogP contribution < -0.4 is 5.73 Å². The van der Waals surface area contributed by atoms with Gasteiger partial charge in [-0.2, -0.15) is 4.31 Å². The van der Waals surface area contributed by atoms with Gasteiger partial charge in [0.1, 0.15) is 0 Å². The van der Waals surface area contributed by atoms with E-state index in [9.17, 15) is 8.42 Å². The third kappa shape index (κ3) is 2.22. The lowest BCUT2D eigenvalue weighted by Crippen LogP contribution is -2.38. The van der Waals surface area contributed by atoms with Gasteiger partial charge in [-0.15, -0.1) is 0 Å². The number of hydrogen-bond acceptors (Lipinski definition) is 3. The van der Waals surface area contributed by atoms with Crippen LogP contribution in [0, 0.1) is 11.8 Å². The van der Waals surface area contributed by atoms with Crippen LogP contribution in [-0.4, -0.2) is 36.4 Å². The first-order valence-electron chi connectivity index (χ1n) is 6.86. The Labute approximate surface area is 114 Å². The first-order valence-corrected chi connectivity index (χ1v) is 8.30. The summed E-state index contributed by atoms with van der Waals surface area (Å²) >= 11 is 0. The summed E-state index contributed by atoms with van der Waals surface area (Å²) in [6, 6.07) is 1.83. The van der Waals surface area contributed by atoms with Gasteiger partial charge in [-0.1, -0.05) is 6.42 Å². The molecule has 0 bridgehead atoms. The molecule has 2 heterocycles. The summed E-state index contributed by atoms with van der Waals surface area (Å²) in [5.41, 5.74) is 6.14. The van der Waals surface area contributed by atoms with E-state index in [0.717, 1.165) is 19.3 Å². The standard InChI is InChI=1S/C13H21N3O2S/c1-15-6-5-11(8-15)19(17,18)16-7-10-3-2-4-13(14)12(10)9-16/h5-6,8,10,12-13H,2-4,7,9,14H2,1H3. The average Bonchev–Trinajstić information content (AvgIpc) is 2.96. The number of rotatable bonds is 2. The van der Waals surface area contributed by atoms with Crippen molar-refractivity contribution in [3.05, 3.63) is 18.5 Å². The minimum absolute atomic E-state index is 0.162. The van der Waals surface area contributed by atoms with E-state index in [2.05, 4.69) is 0 Å². The van der Waals surface area contributed by atoms with Crippen LogP contribution in [0.15, 0.2) is 23.4 Å². The highest BCUT2D eigenvalue weighted by atomic mass is 32.2. The molecule has 1 aliphatic carbocycles. The van der Waals surface area contributed by atoms with Gasteiger partial charge in [-0.25, -0.2) is 8.42 Å². The number of nitrogens with zero attached hydrogens (tertiary/aromatic N) is 2. The van der Waals surface area contributed by atoms with Crippen molar-refractivity contribution in [1.82, 2.24) is 8.87 Å². The largest absolute Gasteiger partial charge is 0.356 e. The van der Waals surface area contributed by atoms with Gasteiger partial charge in [0, 0.05) is 38.6 Å². The maximum absolute atomic E-state index is 12.6. The molecule has 2 fully saturated rings. The van der Waals surface area contributed by atoms with E-state index in [1.54, 1.807) is 27.3 Å². The summed E-state index contributed by atoms with van der Waals surface area (Å²) in [4.78, 5) is 0.391. The molecular weight excluding hydrogens is 262 g/mol. The second-order valence-electron chi connectivity index (χ2n) is 5.85. The molecule has 3 atom stereocenters. The number of aryl methyl sites for hydroxylation is 1. The minimum Gasteiger partial charge on any atom is -0.356 e. The monoisotopic (exact) mass is 283 g/mol. The van der Waals surface area contributed by atoms with Crippen LogP contribution in [0.25, 0.3) is 0 Å². The molecule has 0 amide bonds. The van der Waals surface area contributed by atoms with Crippen molar-refractivity contribution < 1.29 is 8.42 Å². The lowest BCUT2D eigenvalue weighted by molar-refractivity contribution is 0.260. The SMILES string of the molecule is Cn1ccc(S(=O)(=O)N2CC3CCCC(N)C3C2)c1. The fourth-order valence-corrected chi connectivity index (χ4v) is 5.04. The molecule has 2 N–H and O–H groups in total. The van der Waals surface area contributed by atoms with Gasteiger partial charge in [0.05, 0.1) is 4.90 Å². The summed E-state index contributed by atoms with van der Waals surface area (Å²) in [6.45, 7) is 1.22. The predicted octanol–water partition coefficient (Wildman–Crippen LogP) is 0.773. The van der Waals surface area contributed by atoms with E-state index in [-0.39, 0.29) is 6.04 Å². The Morgan fingerprint density at radius 3 is 2.74 bits per heavy atom. The Morgan fingerprint density at radius 1 is 1.32 bits per heavy atom. The molecule has 1 aliphatic heterocycles. The van der Waals surface area contributed by atoms with E-state index in [0.29, 0.717) is 29.8 Å². The van der Waals surface area contributed by atoms with Gasteiger partial charge in [0.25, 0.3) is 0 Å². The first-order chi connectivity index (χ1) is 8.98. The molecule has 19 heavy (non-hydrogen) atoms. The second kappa shape index (κ2) is 4.61. The number of nitrogens with two attached hydrogens (primary N) is 1. The highest BCUT2D eigenvalue weighted by molar-refractivity contribution is 7.89. The van der Waals surface area contributed by atoms with Crippen LogP contribution in [0.1, 0.15) is 19.3 Å². The van der Waals surface area contributed by atoms with Gasteiger partial charge in [0.15, 0.2) is 0 Å². The molecule has 106 valence electrons. The molecule has 1 aromatic rings. The van der Waals surface area contributed by atoms with E-state index in [1.807, 2.05) is 7.05 Å². The fourth-order valence-electron chi connectivity index (χ4n) is 3.45. The average molecular weight is 283 g/mol. The highest BCUT2D eigenvalue weighted by Gasteiger charge is 2.43. The van der Waals surface area contributed by atoms with Crippen LogP contribution in [0.5, 0.6) is 0 Å². The molecule has 1 saturated heterocycles. The quantitative estimate of drug-likeness (QED) is 0.872. The lowest BCUT2D eigenvalue weighted by Gasteiger charge is -2.29. The van der Waals surface area contributed by atoms with Crippen molar-refractivity contribution in [2.45, 2.75) is 30.2 Å². The van der Waals surface area contributed by atoms with Crippen LogP contribution in [0.3, 0.4) is 0 Å². The summed E-state index contributed by atoms with van der Waals surface area (Å²) in [6.07, 6.45) is 6.69. The Balaban J connectivity index is 1.84. The maximum Gasteiger partial charge on any atom is 0.244 e. The molecule has 3 rings (SSSR count). The molecule has 6 heteroatoms. The fraction of sp³-hybridized carbons (Fsp3) is 0.692. The van der Waals surface area contributed by atoms with Crippen molar-refractivity contribution >= 4 is 10.0 Å². The zero-order valence-electron chi connectivity index (χ0n) is 11.2. The number of fused-ring (bicyclic) bond motifs is 1. The molecule has 0 spiro atoms. The van der Waals surface area contributed by atoms with Gasteiger partial charge < -0.3 is 10.3 Å². The summed E-state index contributed by atoms with van der Waals surface area (Å²) in [5, 5.41) is 0. The zero-order valence-corrected chi connectivity index (χ0v) is 12.0. The van der Waals surface area contributed by atoms with Crippen LogP contribution in [-0.2, 0) is 17.1 Å². The third-order valence-electron chi connectivity index (χ3n) is 4.56. The van der Waals surface area contributed by atoms with Crippen molar-refractivity contribution in [3.8, 4) is 0 Å². The van der Waals surface area contributed by atoms with Gasteiger partial charge >= 0.3 is 0 Å². The summed E-state index contributed by atoms with van der Waals surface area (Å²) in [7, 11) is -1.51. The molecule has 5 nitrogen and oxygen atoms in total. The molecular formula is C13H21N3O2S. The van der Waals surface area contributed by atoms with Gasteiger partial charge in [0.2, 0.25) is 10.0 Å². The summed E-state index contributed by atoms with van der Waals surface area (Å²) < 4.78 is 28.5. The van der Waals surface area contributed by atoms with Gasteiger partial charge in [-0.3, -0.25) is 0 Å². The number of sulfonamides is 1. The minimum atomic E-state index is -3.34. The predicted molar refractivity (Wildman–Crippen MR) is 73.0 cm³/mol. The van der Waals surface area contributed by atoms with E-state index in [1.165, 1.54) is 0 Å². The number of hydrogen-bond donors (Lipinski definition) is 1. The van der Waals surface area contributed by atoms with Crippen molar-refractivity contribution in [2.24, 2.45) is 24.6 Å². The molecule has 0 radical (unpaired) electrons. The van der Waals surface area contributed by atoms with Crippen molar-refractivity contribution in [1.29, 1.82) is 0 Å². The van der Waals surface area contributed by atoms with Gasteiger partial charge in [-0.05, 0) is 30.7 Å². The Morgan fingerprint density at radius 2 is 2.11 bits per heavy atom. The summed E-state index contributed by atoms with van der Waals surface area (Å²) in [5.74, 6) is 0.787. The zero-order chi connectivity index (χ0) is 13.6. The normalized spacial score (nSPS) is 32.4. The Hall–Kier alpha value is -0.850. The van der Waals surface area contributed by atoms with Crippen LogP contribution in [0.2, 0.25) is 0 Å². The highest BCUT2D eigenvalue weighted by Crippen LogP contribution is 2.37. The second-order valence-corrected chi connectivity index (χ2v) is 7.79. The Bertz CT molecular complexity index is 566. The van der Waals surface area contributed by atoms with Crippen molar-refractivity contribution in [3.63, 3.8) is 0 Å². The molecule has 2 aliphatic rings. The molecule has 0 aromatic carbocycles. The number of aromatic nitrogens is 1. The van der Waals surface area contributed by atoms with Crippen molar-refractivity contribution in [2.75, 3.05) is 13.1 Å². The van der Waals surface area contributed by atoms with E-state index in [4.69, 9.17) is 5.73 Å². The molecule has 3 unspecified atom stereocenters. The molecule has 1 saturated carbocycles. The van der Waals surface area contributed by atoms with Crippen LogP contribution in [0.4, 0.5) is 0 Å². The third-order valence-corrected chi connectivity index (χ3v) is 6.38.